The molecule has 1 N–H and O–H groups in total. The van der Waals surface area contributed by atoms with E-state index in [1.54, 1.807) is 11.8 Å². The van der Waals surface area contributed by atoms with Gasteiger partial charge in [-0.3, -0.25) is 0 Å². The molecule has 0 atom stereocenters. The quantitative estimate of drug-likeness (QED) is 0.831. The minimum atomic E-state index is -0.269. The van der Waals surface area contributed by atoms with Crippen LogP contribution < -0.4 is 0 Å². The second-order valence-electron chi connectivity index (χ2n) is 4.22. The molecule has 92 valence electrons. The van der Waals surface area contributed by atoms with Crippen LogP contribution in [0.2, 0.25) is 0 Å². The van der Waals surface area contributed by atoms with E-state index in [-0.39, 0.29) is 12.4 Å². The van der Waals surface area contributed by atoms with Crippen LogP contribution in [0.15, 0.2) is 18.2 Å². The molecule has 0 radical (unpaired) electrons. The van der Waals surface area contributed by atoms with E-state index in [0.29, 0.717) is 11.5 Å². The molecule has 0 bridgehead atoms. The molecule has 0 aromatic heterocycles. The van der Waals surface area contributed by atoms with E-state index >= 15 is 0 Å². The summed E-state index contributed by atoms with van der Waals surface area (Å²) in [5.74, 6) is 7.48. The Morgan fingerprint density at radius 1 is 1.35 bits per heavy atom. The molecule has 0 aliphatic carbocycles. The van der Waals surface area contributed by atoms with Crippen molar-refractivity contribution < 1.29 is 9.50 Å². The first-order chi connectivity index (χ1) is 8.11. The van der Waals surface area contributed by atoms with E-state index in [0.717, 1.165) is 17.1 Å². The van der Waals surface area contributed by atoms with Crippen LogP contribution >= 0.6 is 11.8 Å². The fourth-order valence-corrected chi connectivity index (χ4v) is 2.35. The lowest BCUT2D eigenvalue weighted by molar-refractivity contribution is 0.350. The van der Waals surface area contributed by atoms with Crippen LogP contribution in [0.3, 0.4) is 0 Å². The molecule has 1 rings (SSSR count). The molecule has 1 nitrogen and oxygen atoms in total. The van der Waals surface area contributed by atoms with Gasteiger partial charge in [0.2, 0.25) is 0 Å². The Bertz CT molecular complexity index is 418. The van der Waals surface area contributed by atoms with Crippen molar-refractivity contribution in [2.24, 2.45) is 5.92 Å². The average molecular weight is 252 g/mol. The number of aliphatic hydroxyl groups is 1. The van der Waals surface area contributed by atoms with Crippen molar-refractivity contribution in [1.29, 1.82) is 0 Å². The highest BCUT2D eigenvalue weighted by atomic mass is 32.2. The van der Waals surface area contributed by atoms with E-state index in [4.69, 9.17) is 5.11 Å². The first kappa shape index (κ1) is 14.1. The predicted octanol–water partition coefficient (Wildman–Crippen LogP) is 3.06. The minimum Gasteiger partial charge on any atom is -0.384 e. The third-order valence-electron chi connectivity index (χ3n) is 1.99. The molecule has 0 spiro atoms. The Hall–Kier alpha value is -0.980. The molecule has 17 heavy (non-hydrogen) atoms. The van der Waals surface area contributed by atoms with E-state index in [1.165, 1.54) is 12.1 Å². The van der Waals surface area contributed by atoms with Gasteiger partial charge in [-0.05, 0) is 35.4 Å². The van der Waals surface area contributed by atoms with Crippen molar-refractivity contribution >= 4 is 11.8 Å². The molecule has 1 aromatic carbocycles. The van der Waals surface area contributed by atoms with E-state index in [2.05, 4.69) is 25.7 Å². The summed E-state index contributed by atoms with van der Waals surface area (Å²) in [6, 6.07) is 4.80. The monoisotopic (exact) mass is 252 g/mol. The standard InChI is InChI=1S/C14H17FOS/c1-11(2)9-17-10-13-6-12(4-3-5-16)7-14(15)8-13/h6-8,11,16H,5,9-10H2,1-2H3. The minimum absolute atomic E-state index is 0.200. The first-order valence-electron chi connectivity index (χ1n) is 5.58. The van der Waals surface area contributed by atoms with Gasteiger partial charge >= 0.3 is 0 Å². The van der Waals surface area contributed by atoms with Crippen LogP contribution in [0.25, 0.3) is 0 Å². The molecule has 0 aliphatic rings. The van der Waals surface area contributed by atoms with Crippen molar-refractivity contribution in [1.82, 2.24) is 0 Å². The Kier molecular flexibility index (Phi) is 6.10. The summed E-state index contributed by atoms with van der Waals surface area (Å²) in [7, 11) is 0. The second-order valence-corrected chi connectivity index (χ2v) is 5.25. The SMILES string of the molecule is CC(C)CSCc1cc(F)cc(C#CCO)c1. The maximum absolute atomic E-state index is 13.3. The van der Waals surface area contributed by atoms with Crippen molar-refractivity contribution in [3.05, 3.63) is 35.1 Å². The Balaban J connectivity index is 2.68. The van der Waals surface area contributed by atoms with Gasteiger partial charge in [-0.25, -0.2) is 4.39 Å². The van der Waals surface area contributed by atoms with Crippen LogP contribution in [0, 0.1) is 23.6 Å². The Labute approximate surface area is 106 Å². The Morgan fingerprint density at radius 3 is 2.76 bits per heavy atom. The summed E-state index contributed by atoms with van der Waals surface area (Å²) >= 11 is 1.79. The summed E-state index contributed by atoms with van der Waals surface area (Å²) in [6.07, 6.45) is 0. The van der Waals surface area contributed by atoms with Gasteiger partial charge in [0.1, 0.15) is 12.4 Å². The van der Waals surface area contributed by atoms with Crippen molar-refractivity contribution in [3.63, 3.8) is 0 Å². The van der Waals surface area contributed by atoms with E-state index in [9.17, 15) is 4.39 Å². The highest BCUT2D eigenvalue weighted by Gasteiger charge is 2.01. The third-order valence-corrected chi connectivity index (χ3v) is 3.43. The van der Waals surface area contributed by atoms with Crippen LogP contribution in [-0.4, -0.2) is 17.5 Å². The van der Waals surface area contributed by atoms with Gasteiger partial charge in [0, 0.05) is 11.3 Å². The van der Waals surface area contributed by atoms with Crippen LogP contribution in [0.1, 0.15) is 25.0 Å². The van der Waals surface area contributed by atoms with Gasteiger partial charge in [-0.15, -0.1) is 0 Å². The molecular formula is C14H17FOS. The molecule has 3 heteroatoms. The maximum atomic E-state index is 13.3. The lowest BCUT2D eigenvalue weighted by Gasteiger charge is -2.05. The number of rotatable bonds is 4. The van der Waals surface area contributed by atoms with Crippen molar-refractivity contribution in [2.75, 3.05) is 12.4 Å². The third kappa shape index (κ3) is 5.76. The number of aliphatic hydroxyl groups excluding tert-OH is 1. The summed E-state index contributed by atoms with van der Waals surface area (Å²) < 4.78 is 13.3. The lowest BCUT2D eigenvalue weighted by Crippen LogP contribution is -1.93. The summed E-state index contributed by atoms with van der Waals surface area (Å²) in [5, 5.41) is 8.60. The van der Waals surface area contributed by atoms with E-state index in [1.807, 2.05) is 6.07 Å². The number of halogens is 1. The molecule has 0 saturated heterocycles. The van der Waals surface area contributed by atoms with Crippen molar-refractivity contribution in [3.8, 4) is 11.8 Å². The van der Waals surface area contributed by atoms with Gasteiger partial charge in [0.15, 0.2) is 0 Å². The van der Waals surface area contributed by atoms with Crippen LogP contribution in [0.5, 0.6) is 0 Å². The average Bonchev–Trinajstić information content (AvgIpc) is 2.25. The zero-order valence-electron chi connectivity index (χ0n) is 10.2. The largest absolute Gasteiger partial charge is 0.384 e. The highest BCUT2D eigenvalue weighted by molar-refractivity contribution is 7.98. The summed E-state index contributed by atoms with van der Waals surface area (Å²) in [6.45, 7) is 4.13. The zero-order chi connectivity index (χ0) is 12.7. The Morgan fingerprint density at radius 2 is 2.12 bits per heavy atom. The highest BCUT2D eigenvalue weighted by Crippen LogP contribution is 2.17. The number of benzene rings is 1. The molecule has 1 aromatic rings. The van der Waals surface area contributed by atoms with Gasteiger partial charge < -0.3 is 5.11 Å². The number of thioether (sulfide) groups is 1. The molecule has 0 heterocycles. The maximum Gasteiger partial charge on any atom is 0.124 e. The van der Waals surface area contributed by atoms with Gasteiger partial charge in [0.05, 0.1) is 0 Å². The molecule has 0 fully saturated rings. The van der Waals surface area contributed by atoms with E-state index < -0.39 is 0 Å². The summed E-state index contributed by atoms with van der Waals surface area (Å²) in [4.78, 5) is 0. The fraction of sp³-hybridized carbons (Fsp3) is 0.429. The number of hydrogen-bond donors (Lipinski definition) is 1. The predicted molar refractivity (Wildman–Crippen MR) is 71.4 cm³/mol. The van der Waals surface area contributed by atoms with Crippen LogP contribution in [-0.2, 0) is 5.75 Å². The van der Waals surface area contributed by atoms with Crippen molar-refractivity contribution in [2.45, 2.75) is 19.6 Å². The lowest BCUT2D eigenvalue weighted by atomic mass is 10.1. The molecule has 0 saturated carbocycles. The summed E-state index contributed by atoms with van der Waals surface area (Å²) in [5.41, 5.74) is 1.57. The molecular weight excluding hydrogens is 235 g/mol. The second kappa shape index (κ2) is 7.37. The molecule has 0 amide bonds. The zero-order valence-corrected chi connectivity index (χ0v) is 11.0. The van der Waals surface area contributed by atoms with Gasteiger partial charge in [-0.2, -0.15) is 11.8 Å². The van der Waals surface area contributed by atoms with Gasteiger partial charge in [0.25, 0.3) is 0 Å². The first-order valence-corrected chi connectivity index (χ1v) is 6.74. The fourth-order valence-electron chi connectivity index (χ4n) is 1.36. The van der Waals surface area contributed by atoms with Gasteiger partial charge in [-0.1, -0.05) is 25.7 Å². The normalized spacial score (nSPS) is 10.2. The molecule has 0 unspecified atom stereocenters. The van der Waals surface area contributed by atoms with Crippen LogP contribution in [0.4, 0.5) is 4.39 Å². The topological polar surface area (TPSA) is 20.2 Å². The smallest absolute Gasteiger partial charge is 0.124 e. The molecule has 0 aliphatic heterocycles. The number of hydrogen-bond acceptors (Lipinski definition) is 2.